The molecule has 1 N–H and O–H groups in total. The van der Waals surface area contributed by atoms with E-state index in [0.717, 1.165) is 11.1 Å². The summed E-state index contributed by atoms with van der Waals surface area (Å²) in [6.45, 7) is 1.94. The molecule has 10 nitrogen and oxygen atoms in total. The van der Waals surface area contributed by atoms with E-state index in [0.29, 0.717) is 0 Å². The van der Waals surface area contributed by atoms with Gasteiger partial charge >= 0.3 is 5.97 Å². The Morgan fingerprint density at radius 2 is 1.57 bits per heavy atom. The third-order valence-electron chi connectivity index (χ3n) is 5.65. The highest BCUT2D eigenvalue weighted by Crippen LogP contribution is 2.30. The van der Waals surface area contributed by atoms with Crippen LogP contribution in [0.15, 0.2) is 65.8 Å². The van der Waals surface area contributed by atoms with Crippen LogP contribution in [0.1, 0.15) is 24.5 Å². The number of benzene rings is 2. The molecule has 2 aromatic carbocycles. The van der Waals surface area contributed by atoms with Gasteiger partial charge in [0.1, 0.15) is 12.2 Å². The molecule has 1 aliphatic heterocycles. The van der Waals surface area contributed by atoms with E-state index in [9.17, 15) is 9.59 Å². The number of ether oxygens (including phenoxy) is 4. The van der Waals surface area contributed by atoms with Crippen LogP contribution >= 0.6 is 0 Å². The van der Waals surface area contributed by atoms with Crippen molar-refractivity contribution in [3.63, 3.8) is 0 Å². The molecule has 35 heavy (non-hydrogen) atoms. The Labute approximate surface area is 204 Å². The predicted octanol–water partition coefficient (Wildman–Crippen LogP) is 3.30. The average molecular weight is 483 g/mol. The van der Waals surface area contributed by atoms with Gasteiger partial charge in [-0.15, -0.1) is 0 Å². The fourth-order valence-corrected chi connectivity index (χ4v) is 4.05. The number of rotatable bonds is 11. The third-order valence-corrected chi connectivity index (χ3v) is 5.65. The number of nitrogens with one attached hydrogen (secondary N) is 1. The maximum atomic E-state index is 12.8. The number of carbonyl (C=O) groups excluding carboxylic acids is 2. The molecule has 1 amide bonds. The van der Waals surface area contributed by atoms with Gasteiger partial charge < -0.3 is 24.3 Å². The van der Waals surface area contributed by atoms with Crippen molar-refractivity contribution in [1.82, 2.24) is 5.32 Å². The first-order valence-electron chi connectivity index (χ1n) is 11.4. The number of methoxy groups -OCH3 is 1. The fourth-order valence-electron chi connectivity index (χ4n) is 4.05. The van der Waals surface area contributed by atoms with Gasteiger partial charge in [0.15, 0.2) is 6.10 Å². The lowest BCUT2D eigenvalue weighted by molar-refractivity contribution is -0.229. The van der Waals surface area contributed by atoms with Crippen LogP contribution < -0.4 is 5.32 Å². The summed E-state index contributed by atoms with van der Waals surface area (Å²) in [5.41, 5.74) is 10.5. The molecule has 1 aliphatic rings. The number of nitrogens with zero attached hydrogens (tertiary/aromatic N) is 3. The average Bonchev–Trinajstić information content (AvgIpc) is 2.88. The first kappa shape index (κ1) is 26.2. The van der Waals surface area contributed by atoms with Crippen molar-refractivity contribution in [3.8, 4) is 0 Å². The molecular formula is C25H30N4O6. The van der Waals surface area contributed by atoms with Gasteiger partial charge in [-0.25, -0.2) is 4.79 Å². The molecule has 1 fully saturated rings. The molecule has 0 aliphatic carbocycles. The second kappa shape index (κ2) is 13.5. The van der Waals surface area contributed by atoms with E-state index >= 15 is 0 Å². The summed E-state index contributed by atoms with van der Waals surface area (Å²) >= 11 is 0. The first-order valence-corrected chi connectivity index (χ1v) is 11.4. The summed E-state index contributed by atoms with van der Waals surface area (Å²) in [4.78, 5) is 27.7. The lowest BCUT2D eigenvalue weighted by Gasteiger charge is -2.45. The standard InChI is InChI=1S/C25H30N4O6/c1-17(30)28-21-20(13-14-27-29-26)35-24(25(31)32-2)23(34-16-19-11-7-4-8-12-19)22(21)33-15-18-9-5-3-6-10-18/h3-12,20-24H,13-16H2,1-2H3,(H,28,30)/t20-,21+,22-,23+,24+/m1/s1. The Morgan fingerprint density at radius 1 is 1.00 bits per heavy atom. The minimum Gasteiger partial charge on any atom is -0.467 e. The molecule has 0 aromatic heterocycles. The highest BCUT2D eigenvalue weighted by atomic mass is 16.6. The Balaban J connectivity index is 1.94. The molecule has 0 unspecified atom stereocenters. The van der Waals surface area contributed by atoms with Crippen LogP contribution in [0.4, 0.5) is 0 Å². The van der Waals surface area contributed by atoms with Crippen molar-refractivity contribution >= 4 is 11.9 Å². The van der Waals surface area contributed by atoms with Crippen molar-refractivity contribution < 1.29 is 28.5 Å². The maximum absolute atomic E-state index is 12.8. The van der Waals surface area contributed by atoms with Gasteiger partial charge in [-0.3, -0.25) is 4.79 Å². The molecule has 0 spiro atoms. The van der Waals surface area contributed by atoms with E-state index < -0.39 is 36.4 Å². The zero-order chi connectivity index (χ0) is 25.0. The lowest BCUT2D eigenvalue weighted by atomic mass is 9.90. The van der Waals surface area contributed by atoms with Gasteiger partial charge in [0.05, 0.1) is 32.5 Å². The van der Waals surface area contributed by atoms with Crippen molar-refractivity contribution in [2.45, 2.75) is 57.0 Å². The van der Waals surface area contributed by atoms with Gasteiger partial charge in [0, 0.05) is 18.4 Å². The molecule has 5 atom stereocenters. The van der Waals surface area contributed by atoms with E-state index in [1.165, 1.54) is 14.0 Å². The molecule has 10 heteroatoms. The van der Waals surface area contributed by atoms with Crippen LogP contribution in [-0.2, 0) is 41.8 Å². The van der Waals surface area contributed by atoms with Crippen LogP contribution in [0.2, 0.25) is 0 Å². The molecule has 2 aromatic rings. The Kier molecular flexibility index (Phi) is 10.1. The zero-order valence-electron chi connectivity index (χ0n) is 19.8. The van der Waals surface area contributed by atoms with Crippen molar-refractivity contribution in [1.29, 1.82) is 0 Å². The first-order chi connectivity index (χ1) is 17.0. The van der Waals surface area contributed by atoms with Crippen LogP contribution in [-0.4, -0.2) is 56.0 Å². The maximum Gasteiger partial charge on any atom is 0.337 e. The van der Waals surface area contributed by atoms with Crippen LogP contribution in [0.3, 0.4) is 0 Å². The van der Waals surface area contributed by atoms with Gasteiger partial charge in [-0.2, -0.15) is 0 Å². The Bertz CT molecular complexity index is 1000. The van der Waals surface area contributed by atoms with Crippen LogP contribution in [0.5, 0.6) is 0 Å². The number of carbonyl (C=O) groups is 2. The van der Waals surface area contributed by atoms with E-state index in [1.807, 2.05) is 60.7 Å². The molecule has 3 rings (SSSR count). The highest BCUT2D eigenvalue weighted by Gasteiger charge is 2.50. The van der Waals surface area contributed by atoms with Gasteiger partial charge in [0.25, 0.3) is 0 Å². The van der Waals surface area contributed by atoms with Crippen molar-refractivity contribution in [2.75, 3.05) is 13.7 Å². The predicted molar refractivity (Wildman–Crippen MR) is 127 cm³/mol. The number of esters is 1. The lowest BCUT2D eigenvalue weighted by Crippen LogP contribution is -2.66. The minimum atomic E-state index is -1.11. The topological polar surface area (TPSA) is 132 Å². The quantitative estimate of drug-likeness (QED) is 0.226. The molecule has 1 saturated heterocycles. The number of hydrogen-bond donors (Lipinski definition) is 1. The van der Waals surface area contributed by atoms with Crippen molar-refractivity contribution in [2.24, 2.45) is 5.11 Å². The minimum absolute atomic E-state index is 0.117. The van der Waals surface area contributed by atoms with Crippen LogP contribution in [0.25, 0.3) is 10.4 Å². The summed E-state index contributed by atoms with van der Waals surface area (Å²) in [5, 5.41) is 6.48. The molecule has 0 bridgehead atoms. The molecule has 0 radical (unpaired) electrons. The Morgan fingerprint density at radius 3 is 2.09 bits per heavy atom. The fraction of sp³-hybridized carbons (Fsp3) is 0.440. The summed E-state index contributed by atoms with van der Waals surface area (Å²) in [5.74, 6) is -0.912. The van der Waals surface area contributed by atoms with Crippen molar-refractivity contribution in [3.05, 3.63) is 82.2 Å². The summed E-state index contributed by atoms with van der Waals surface area (Å²) < 4.78 is 23.6. The molecule has 0 saturated carbocycles. The molecular weight excluding hydrogens is 452 g/mol. The smallest absolute Gasteiger partial charge is 0.337 e. The van der Waals surface area contributed by atoms with E-state index in [2.05, 4.69) is 15.3 Å². The normalized spacial score (nSPS) is 23.7. The zero-order valence-corrected chi connectivity index (χ0v) is 19.8. The Hall–Kier alpha value is -3.43. The number of amides is 1. The largest absolute Gasteiger partial charge is 0.467 e. The second-order valence-corrected chi connectivity index (χ2v) is 8.11. The highest BCUT2D eigenvalue weighted by molar-refractivity contribution is 5.76. The molecule has 186 valence electrons. The number of azide groups is 1. The summed E-state index contributed by atoms with van der Waals surface area (Å²) in [7, 11) is 1.27. The molecule has 1 heterocycles. The van der Waals surface area contributed by atoms with Gasteiger partial charge in [-0.05, 0) is 23.1 Å². The number of hydrogen-bond acceptors (Lipinski definition) is 7. The van der Waals surface area contributed by atoms with E-state index in [1.54, 1.807) is 0 Å². The van der Waals surface area contributed by atoms with Gasteiger partial charge in [0.2, 0.25) is 5.91 Å². The van der Waals surface area contributed by atoms with Gasteiger partial charge in [-0.1, -0.05) is 65.8 Å². The monoisotopic (exact) mass is 482 g/mol. The van der Waals surface area contributed by atoms with E-state index in [-0.39, 0.29) is 32.1 Å². The van der Waals surface area contributed by atoms with Crippen LogP contribution in [0, 0.1) is 0 Å². The summed E-state index contributed by atoms with van der Waals surface area (Å²) in [6.07, 6.45) is -3.15. The SMILES string of the molecule is COC(=O)[C@H]1O[C@H](CCN=[N+]=[N-])[C@H](NC(C)=O)[C@@H](OCc2ccccc2)[C@@H]1OCc1ccccc1. The third kappa shape index (κ3) is 7.53. The van der Waals surface area contributed by atoms with E-state index in [4.69, 9.17) is 24.5 Å². The summed E-state index contributed by atoms with van der Waals surface area (Å²) in [6, 6.07) is 18.4. The second-order valence-electron chi connectivity index (χ2n) is 8.11.